The molecule has 0 aliphatic carbocycles. The molecular weight excluding hydrogens is 414 g/mol. The van der Waals surface area contributed by atoms with E-state index in [2.05, 4.69) is 0 Å². The quantitative estimate of drug-likeness (QED) is 0.493. The van der Waals surface area contributed by atoms with Crippen LogP contribution in [0, 0.1) is 6.92 Å². The van der Waals surface area contributed by atoms with Crippen LogP contribution in [-0.2, 0) is 10.0 Å². The third-order valence-corrected chi connectivity index (χ3v) is 7.03. The number of nitrogens with zero attached hydrogens (tertiary/aromatic N) is 1. The molecule has 3 aromatic carbocycles. The number of ether oxygens (including phenoxy) is 3. The molecule has 0 aliphatic rings. The van der Waals surface area contributed by atoms with Crippen LogP contribution in [0.3, 0.4) is 0 Å². The molecule has 0 spiro atoms. The average Bonchev–Trinajstić information content (AvgIpc) is 2.78. The van der Waals surface area contributed by atoms with Crippen molar-refractivity contribution in [3.63, 3.8) is 0 Å². The van der Waals surface area contributed by atoms with Crippen molar-refractivity contribution in [1.82, 2.24) is 0 Å². The van der Waals surface area contributed by atoms with Gasteiger partial charge in [-0.05, 0) is 55.8 Å². The molecule has 0 saturated heterocycles. The molecule has 0 heterocycles. The van der Waals surface area contributed by atoms with E-state index in [-0.39, 0.29) is 4.90 Å². The Kier molecular flexibility index (Phi) is 6.75. The summed E-state index contributed by atoms with van der Waals surface area (Å²) in [6, 6.07) is 18.8. The van der Waals surface area contributed by atoms with Crippen molar-refractivity contribution in [2.75, 3.05) is 25.6 Å². The zero-order chi connectivity index (χ0) is 22.6. The number of anilines is 1. The maximum atomic E-state index is 13.8. The smallest absolute Gasteiger partial charge is 0.264 e. The van der Waals surface area contributed by atoms with Gasteiger partial charge in [-0.3, -0.25) is 4.31 Å². The maximum absolute atomic E-state index is 13.8. The van der Waals surface area contributed by atoms with Crippen LogP contribution in [0.15, 0.2) is 71.6 Å². The predicted molar refractivity (Wildman–Crippen MR) is 122 cm³/mol. The molecule has 3 rings (SSSR count). The lowest BCUT2D eigenvalue weighted by Gasteiger charge is -2.31. The summed E-state index contributed by atoms with van der Waals surface area (Å²) in [5.41, 5.74) is 2.41. The van der Waals surface area contributed by atoms with Crippen LogP contribution in [0.5, 0.6) is 17.2 Å². The van der Waals surface area contributed by atoms with Crippen LogP contribution in [0.4, 0.5) is 5.69 Å². The highest BCUT2D eigenvalue weighted by Crippen LogP contribution is 2.38. The van der Waals surface area contributed by atoms with Crippen molar-refractivity contribution in [2.45, 2.75) is 24.8 Å². The SMILES string of the molecule is COc1ccc(S(=O)(=O)N(c2ccc(OC)c(OC)c2)C(C)c2cccc(C)c2)cc1. The van der Waals surface area contributed by atoms with Gasteiger partial charge in [0.15, 0.2) is 11.5 Å². The molecule has 6 nitrogen and oxygen atoms in total. The topological polar surface area (TPSA) is 65.1 Å². The molecule has 0 N–H and O–H groups in total. The van der Waals surface area contributed by atoms with E-state index in [9.17, 15) is 8.42 Å². The summed E-state index contributed by atoms with van der Waals surface area (Å²) < 4.78 is 44.9. The summed E-state index contributed by atoms with van der Waals surface area (Å²) in [5.74, 6) is 1.56. The van der Waals surface area contributed by atoms with Gasteiger partial charge in [-0.15, -0.1) is 0 Å². The third-order valence-electron chi connectivity index (χ3n) is 5.11. The van der Waals surface area contributed by atoms with Crippen LogP contribution >= 0.6 is 0 Å². The lowest BCUT2D eigenvalue weighted by molar-refractivity contribution is 0.355. The zero-order valence-electron chi connectivity index (χ0n) is 18.3. The summed E-state index contributed by atoms with van der Waals surface area (Å²) in [7, 11) is 0.701. The molecule has 1 atom stereocenters. The van der Waals surface area contributed by atoms with E-state index in [1.54, 1.807) is 56.7 Å². The summed E-state index contributed by atoms with van der Waals surface area (Å²) in [5, 5.41) is 0. The molecule has 0 aromatic heterocycles. The number of benzene rings is 3. The molecular formula is C24H27NO5S. The number of methoxy groups -OCH3 is 3. The van der Waals surface area contributed by atoms with E-state index < -0.39 is 16.1 Å². The molecule has 164 valence electrons. The highest BCUT2D eigenvalue weighted by Gasteiger charge is 2.31. The fraction of sp³-hybridized carbons (Fsp3) is 0.250. The van der Waals surface area contributed by atoms with E-state index in [1.807, 2.05) is 38.1 Å². The number of rotatable bonds is 8. The molecule has 0 fully saturated rings. The minimum atomic E-state index is -3.90. The molecule has 7 heteroatoms. The first-order valence-corrected chi connectivity index (χ1v) is 11.2. The van der Waals surface area contributed by atoms with Gasteiger partial charge in [-0.2, -0.15) is 0 Å². The molecule has 3 aromatic rings. The van der Waals surface area contributed by atoms with Crippen molar-refractivity contribution < 1.29 is 22.6 Å². The second-order valence-electron chi connectivity index (χ2n) is 7.11. The van der Waals surface area contributed by atoms with E-state index in [0.717, 1.165) is 11.1 Å². The Morgan fingerprint density at radius 1 is 0.806 bits per heavy atom. The minimum absolute atomic E-state index is 0.169. The second-order valence-corrected chi connectivity index (χ2v) is 8.92. The van der Waals surface area contributed by atoms with Gasteiger partial charge in [0.2, 0.25) is 0 Å². The molecule has 0 aliphatic heterocycles. The monoisotopic (exact) mass is 441 g/mol. The normalized spacial score (nSPS) is 12.2. The van der Waals surface area contributed by atoms with Gasteiger partial charge in [-0.25, -0.2) is 8.42 Å². The van der Waals surface area contributed by atoms with E-state index in [1.165, 1.54) is 11.4 Å². The zero-order valence-corrected chi connectivity index (χ0v) is 19.1. The Morgan fingerprint density at radius 2 is 1.48 bits per heavy atom. The molecule has 0 saturated carbocycles. The Bertz CT molecular complexity index is 1140. The van der Waals surface area contributed by atoms with Crippen LogP contribution in [0.2, 0.25) is 0 Å². The average molecular weight is 442 g/mol. The van der Waals surface area contributed by atoms with Crippen molar-refractivity contribution in [3.8, 4) is 17.2 Å². The van der Waals surface area contributed by atoms with E-state index >= 15 is 0 Å². The predicted octanol–water partition coefficient (Wildman–Crippen LogP) is 4.98. The van der Waals surface area contributed by atoms with Gasteiger partial charge in [0.1, 0.15) is 5.75 Å². The first-order chi connectivity index (χ1) is 14.8. The summed E-state index contributed by atoms with van der Waals surface area (Å²) in [6.45, 7) is 3.85. The van der Waals surface area contributed by atoms with E-state index in [0.29, 0.717) is 22.9 Å². The molecule has 31 heavy (non-hydrogen) atoms. The van der Waals surface area contributed by atoms with Gasteiger partial charge < -0.3 is 14.2 Å². The van der Waals surface area contributed by atoms with Crippen LogP contribution < -0.4 is 18.5 Å². The summed E-state index contributed by atoms with van der Waals surface area (Å²) >= 11 is 0. The third kappa shape index (κ3) is 4.61. The molecule has 0 bridgehead atoms. The van der Waals surface area contributed by atoms with Crippen LogP contribution in [-0.4, -0.2) is 29.7 Å². The highest BCUT2D eigenvalue weighted by molar-refractivity contribution is 7.92. The molecule has 1 unspecified atom stereocenters. The van der Waals surface area contributed by atoms with Crippen molar-refractivity contribution in [1.29, 1.82) is 0 Å². The molecule has 0 amide bonds. The largest absolute Gasteiger partial charge is 0.497 e. The standard InChI is InChI=1S/C24H27NO5S/c1-17-7-6-8-19(15-17)18(2)25(20-9-14-23(29-4)24(16-20)30-5)31(26,27)22-12-10-21(28-3)11-13-22/h6-16,18H,1-5H3. The Labute approximate surface area is 184 Å². The van der Waals surface area contributed by atoms with Gasteiger partial charge in [0.25, 0.3) is 10.0 Å². The first kappa shape index (κ1) is 22.5. The molecule has 0 radical (unpaired) electrons. The first-order valence-electron chi connectivity index (χ1n) is 9.79. The Hall–Kier alpha value is -3.19. The van der Waals surface area contributed by atoms with Crippen molar-refractivity contribution in [2.24, 2.45) is 0 Å². The van der Waals surface area contributed by atoms with Gasteiger partial charge in [-0.1, -0.05) is 29.8 Å². The lowest BCUT2D eigenvalue weighted by Crippen LogP contribution is -2.33. The minimum Gasteiger partial charge on any atom is -0.497 e. The van der Waals surface area contributed by atoms with Crippen LogP contribution in [0.1, 0.15) is 24.1 Å². The Balaban J connectivity index is 2.18. The van der Waals surface area contributed by atoms with Gasteiger partial charge in [0, 0.05) is 6.07 Å². The van der Waals surface area contributed by atoms with Crippen molar-refractivity contribution >= 4 is 15.7 Å². The number of hydrogen-bond donors (Lipinski definition) is 0. The lowest BCUT2D eigenvalue weighted by atomic mass is 10.1. The summed E-state index contributed by atoms with van der Waals surface area (Å²) in [6.07, 6.45) is 0. The highest BCUT2D eigenvalue weighted by atomic mass is 32.2. The number of hydrogen-bond acceptors (Lipinski definition) is 5. The van der Waals surface area contributed by atoms with E-state index in [4.69, 9.17) is 14.2 Å². The Morgan fingerprint density at radius 3 is 2.06 bits per heavy atom. The maximum Gasteiger partial charge on any atom is 0.264 e. The van der Waals surface area contributed by atoms with Crippen molar-refractivity contribution in [3.05, 3.63) is 77.9 Å². The number of sulfonamides is 1. The summed E-state index contributed by atoms with van der Waals surface area (Å²) in [4.78, 5) is 0.169. The fourth-order valence-electron chi connectivity index (χ4n) is 3.46. The van der Waals surface area contributed by atoms with Gasteiger partial charge in [0.05, 0.1) is 38.0 Å². The number of aryl methyl sites for hydroxylation is 1. The van der Waals surface area contributed by atoms with Gasteiger partial charge >= 0.3 is 0 Å². The van der Waals surface area contributed by atoms with Crippen LogP contribution in [0.25, 0.3) is 0 Å². The second kappa shape index (κ2) is 9.31. The fourth-order valence-corrected chi connectivity index (χ4v) is 5.10.